The largest absolute Gasteiger partial charge is 0.399 e. The average molecular weight is 224 g/mol. The molecule has 16 heavy (non-hydrogen) atoms. The van der Waals surface area contributed by atoms with E-state index in [-0.39, 0.29) is 0 Å². The van der Waals surface area contributed by atoms with Gasteiger partial charge < -0.3 is 10.2 Å². The maximum Gasteiger partial charge on any atom is 0.0757 e. The number of anilines is 1. The van der Waals surface area contributed by atoms with Gasteiger partial charge in [-0.1, -0.05) is 0 Å². The highest BCUT2D eigenvalue weighted by molar-refractivity contribution is 5.33. The molecule has 0 unspecified atom stereocenters. The Balaban J connectivity index is 0.000000288. The van der Waals surface area contributed by atoms with Crippen molar-refractivity contribution in [3.05, 3.63) is 24.5 Å². The summed E-state index contributed by atoms with van der Waals surface area (Å²) in [5.74, 6) is 0. The highest BCUT2D eigenvalue weighted by Gasteiger charge is 2.16. The van der Waals surface area contributed by atoms with Crippen LogP contribution in [0.1, 0.15) is 27.7 Å². The third-order valence-corrected chi connectivity index (χ3v) is 3.39. The van der Waals surface area contributed by atoms with E-state index in [9.17, 15) is 0 Å². The van der Waals surface area contributed by atoms with E-state index in [0.29, 0.717) is 0 Å². The molecule has 0 atom stereocenters. The van der Waals surface area contributed by atoms with Crippen molar-refractivity contribution in [2.75, 3.05) is 31.9 Å². The number of quaternary nitrogens is 1. The zero-order chi connectivity index (χ0) is 12.4. The maximum absolute atomic E-state index is 5.32. The Bertz CT molecular complexity index is 238. The first-order chi connectivity index (χ1) is 7.64. The van der Waals surface area contributed by atoms with E-state index in [4.69, 9.17) is 5.73 Å². The van der Waals surface area contributed by atoms with Crippen molar-refractivity contribution in [3.8, 4) is 0 Å². The minimum atomic E-state index is 0.759. The highest BCUT2D eigenvalue weighted by Crippen LogP contribution is 2.03. The van der Waals surface area contributed by atoms with Gasteiger partial charge >= 0.3 is 0 Å². The van der Waals surface area contributed by atoms with Gasteiger partial charge in [0.1, 0.15) is 0 Å². The highest BCUT2D eigenvalue weighted by atomic mass is 15.3. The lowest BCUT2D eigenvalue weighted by Crippen LogP contribution is -2.47. The van der Waals surface area contributed by atoms with Gasteiger partial charge in [-0.3, -0.25) is 4.98 Å². The van der Waals surface area contributed by atoms with Crippen LogP contribution >= 0.6 is 0 Å². The number of pyridine rings is 1. The summed E-state index contributed by atoms with van der Waals surface area (Å²) in [6.45, 7) is 14.2. The number of nitrogens with two attached hydrogens (primary N) is 1. The van der Waals surface area contributed by atoms with E-state index >= 15 is 0 Å². The summed E-state index contributed by atoms with van der Waals surface area (Å²) in [6, 6.07) is 3.50. The molecule has 1 aromatic rings. The molecule has 0 amide bonds. The van der Waals surface area contributed by atoms with Crippen LogP contribution in [0.2, 0.25) is 0 Å². The van der Waals surface area contributed by atoms with Crippen LogP contribution in [-0.2, 0) is 0 Å². The van der Waals surface area contributed by atoms with Crippen molar-refractivity contribution in [2.24, 2.45) is 0 Å². The van der Waals surface area contributed by atoms with E-state index in [1.807, 2.05) is 0 Å². The zero-order valence-corrected chi connectivity index (χ0v) is 11.1. The maximum atomic E-state index is 5.32. The van der Waals surface area contributed by atoms with Crippen molar-refractivity contribution >= 4 is 5.69 Å². The Kier molecular flexibility index (Phi) is 7.56. The molecule has 0 aliphatic carbocycles. The van der Waals surface area contributed by atoms with Crippen LogP contribution < -0.4 is 5.73 Å². The van der Waals surface area contributed by atoms with Crippen molar-refractivity contribution in [2.45, 2.75) is 27.7 Å². The molecular formula is C13H26N3+. The predicted molar refractivity (Wildman–Crippen MR) is 71.1 cm³/mol. The molecule has 0 saturated carbocycles. The predicted octanol–water partition coefficient (Wildman–Crippen LogP) is 2.55. The van der Waals surface area contributed by atoms with Crippen molar-refractivity contribution < 1.29 is 4.48 Å². The minimum absolute atomic E-state index is 0.759. The second-order valence-corrected chi connectivity index (χ2v) is 3.89. The summed E-state index contributed by atoms with van der Waals surface area (Å²) < 4.78 is 1.28. The summed E-state index contributed by atoms with van der Waals surface area (Å²) in [5.41, 5.74) is 6.08. The molecule has 0 aliphatic heterocycles. The molecule has 0 fully saturated rings. The fourth-order valence-electron chi connectivity index (χ4n) is 1.71. The SMILES string of the molecule is CC[N+](CC)(CC)CC.Nc1ccncc1. The van der Waals surface area contributed by atoms with Gasteiger partial charge in [0.2, 0.25) is 0 Å². The van der Waals surface area contributed by atoms with E-state index in [2.05, 4.69) is 32.7 Å². The number of rotatable bonds is 4. The van der Waals surface area contributed by atoms with Crippen molar-refractivity contribution in [1.29, 1.82) is 0 Å². The molecule has 3 nitrogen and oxygen atoms in total. The van der Waals surface area contributed by atoms with Gasteiger partial charge in [0.25, 0.3) is 0 Å². The van der Waals surface area contributed by atoms with Crippen LogP contribution in [0.5, 0.6) is 0 Å². The van der Waals surface area contributed by atoms with E-state index in [1.165, 1.54) is 30.7 Å². The number of nitrogens with zero attached hydrogens (tertiary/aromatic N) is 2. The van der Waals surface area contributed by atoms with Gasteiger partial charge in [-0.15, -0.1) is 0 Å². The molecule has 0 bridgehead atoms. The summed E-state index contributed by atoms with van der Waals surface area (Å²) in [6.07, 6.45) is 3.32. The van der Waals surface area contributed by atoms with Gasteiger partial charge in [0, 0.05) is 18.1 Å². The number of nitrogen functional groups attached to an aromatic ring is 1. The van der Waals surface area contributed by atoms with Crippen molar-refractivity contribution in [1.82, 2.24) is 4.98 Å². The second-order valence-electron chi connectivity index (χ2n) is 3.89. The molecule has 0 aromatic carbocycles. The lowest BCUT2D eigenvalue weighted by atomic mass is 10.3. The van der Waals surface area contributed by atoms with Crippen LogP contribution in [0.3, 0.4) is 0 Å². The van der Waals surface area contributed by atoms with Crippen LogP contribution in [0, 0.1) is 0 Å². The van der Waals surface area contributed by atoms with Crippen molar-refractivity contribution in [3.63, 3.8) is 0 Å². The molecule has 0 saturated heterocycles. The summed E-state index contributed by atoms with van der Waals surface area (Å²) in [7, 11) is 0. The molecule has 92 valence electrons. The van der Waals surface area contributed by atoms with Crippen LogP contribution in [0.15, 0.2) is 24.5 Å². The lowest BCUT2D eigenvalue weighted by Gasteiger charge is -2.34. The van der Waals surface area contributed by atoms with Crippen LogP contribution in [0.4, 0.5) is 5.69 Å². The molecule has 0 radical (unpaired) electrons. The summed E-state index contributed by atoms with van der Waals surface area (Å²) in [5, 5.41) is 0. The Morgan fingerprint density at radius 2 is 1.31 bits per heavy atom. The smallest absolute Gasteiger partial charge is 0.0757 e. The summed E-state index contributed by atoms with van der Waals surface area (Å²) in [4.78, 5) is 3.77. The molecule has 0 aliphatic rings. The van der Waals surface area contributed by atoms with Gasteiger partial charge in [-0.25, -0.2) is 0 Å². The average Bonchev–Trinajstić information content (AvgIpc) is 2.35. The number of hydrogen-bond acceptors (Lipinski definition) is 2. The second kappa shape index (κ2) is 8.11. The molecule has 1 rings (SSSR count). The lowest BCUT2D eigenvalue weighted by molar-refractivity contribution is -0.921. The summed E-state index contributed by atoms with van der Waals surface area (Å²) >= 11 is 0. The van der Waals surface area contributed by atoms with Crippen LogP contribution in [0.25, 0.3) is 0 Å². The Hall–Kier alpha value is -1.09. The molecule has 1 heterocycles. The van der Waals surface area contributed by atoms with Gasteiger partial charge in [0.15, 0.2) is 0 Å². The molecule has 0 spiro atoms. The van der Waals surface area contributed by atoms with E-state index < -0.39 is 0 Å². The Morgan fingerprint density at radius 1 is 0.938 bits per heavy atom. The third-order valence-electron chi connectivity index (χ3n) is 3.39. The van der Waals surface area contributed by atoms with Gasteiger partial charge in [-0.05, 0) is 39.8 Å². The first-order valence-corrected chi connectivity index (χ1v) is 6.14. The molecule has 2 N–H and O–H groups in total. The zero-order valence-electron chi connectivity index (χ0n) is 11.1. The van der Waals surface area contributed by atoms with Gasteiger partial charge in [-0.2, -0.15) is 0 Å². The first-order valence-electron chi connectivity index (χ1n) is 6.14. The van der Waals surface area contributed by atoms with Crippen LogP contribution in [-0.4, -0.2) is 35.6 Å². The first kappa shape index (κ1) is 14.9. The monoisotopic (exact) mass is 224 g/mol. The molecular weight excluding hydrogens is 198 g/mol. The fourth-order valence-corrected chi connectivity index (χ4v) is 1.71. The quantitative estimate of drug-likeness (QED) is 0.798. The fraction of sp³-hybridized carbons (Fsp3) is 0.615. The van der Waals surface area contributed by atoms with E-state index in [1.54, 1.807) is 24.5 Å². The normalized spacial score (nSPS) is 10.5. The Morgan fingerprint density at radius 3 is 1.44 bits per heavy atom. The molecule has 1 aromatic heterocycles. The van der Waals surface area contributed by atoms with E-state index in [0.717, 1.165) is 5.69 Å². The number of hydrogen-bond donors (Lipinski definition) is 1. The third kappa shape index (κ3) is 5.12. The minimum Gasteiger partial charge on any atom is -0.399 e. The Labute approximate surface area is 99.9 Å². The standard InChI is InChI=1S/C8H20N.C5H6N2/c1-5-9(6-2,7-3)8-4;6-5-1-3-7-4-2-5/h5-8H2,1-4H3;1-4H,(H2,6,7)/q+1;. The molecule has 3 heteroatoms. The van der Waals surface area contributed by atoms with Gasteiger partial charge in [0.05, 0.1) is 26.2 Å². The number of aromatic nitrogens is 1. The topological polar surface area (TPSA) is 38.9 Å².